The molecule has 1 amide bonds. The van der Waals surface area contributed by atoms with Gasteiger partial charge in [-0.3, -0.25) is 9.59 Å². The summed E-state index contributed by atoms with van der Waals surface area (Å²) in [5.41, 5.74) is 0.445. The average molecular weight is 304 g/mol. The first-order valence-electron chi connectivity index (χ1n) is 8.22. The Hall–Kier alpha value is -1.62. The first kappa shape index (κ1) is 15.3. The SMILES string of the molecule is Cc1c[nH]cc(C(=O)N2CCOC3(CCCCCC3)C2)c1=O. The largest absolute Gasteiger partial charge is 0.371 e. The second-order valence-corrected chi connectivity index (χ2v) is 6.55. The molecule has 5 heteroatoms. The first-order valence-corrected chi connectivity index (χ1v) is 8.22. The number of ether oxygens (including phenoxy) is 1. The van der Waals surface area contributed by atoms with E-state index in [1.807, 2.05) is 0 Å². The monoisotopic (exact) mass is 304 g/mol. The van der Waals surface area contributed by atoms with E-state index in [1.54, 1.807) is 18.0 Å². The van der Waals surface area contributed by atoms with Gasteiger partial charge in [-0.15, -0.1) is 0 Å². The van der Waals surface area contributed by atoms with E-state index in [-0.39, 0.29) is 22.5 Å². The molecule has 1 aliphatic carbocycles. The van der Waals surface area contributed by atoms with Crippen LogP contribution in [0.4, 0.5) is 0 Å². The Morgan fingerprint density at radius 3 is 2.68 bits per heavy atom. The number of nitrogens with one attached hydrogen (secondary N) is 1. The van der Waals surface area contributed by atoms with E-state index >= 15 is 0 Å². The third kappa shape index (κ3) is 2.95. The van der Waals surface area contributed by atoms with Crippen LogP contribution in [0.15, 0.2) is 17.2 Å². The minimum Gasteiger partial charge on any atom is -0.371 e. The summed E-state index contributed by atoms with van der Waals surface area (Å²) < 4.78 is 6.08. The number of morpholine rings is 1. The Balaban J connectivity index is 1.80. The van der Waals surface area contributed by atoms with Crippen molar-refractivity contribution in [3.63, 3.8) is 0 Å². The molecule has 1 spiro atoms. The normalized spacial score (nSPS) is 21.6. The van der Waals surface area contributed by atoms with E-state index in [0.29, 0.717) is 25.3 Å². The van der Waals surface area contributed by atoms with Crippen molar-refractivity contribution in [1.82, 2.24) is 9.88 Å². The van der Waals surface area contributed by atoms with Crippen molar-refractivity contribution in [2.45, 2.75) is 51.0 Å². The summed E-state index contributed by atoms with van der Waals surface area (Å²) in [6.45, 7) is 3.46. The fourth-order valence-electron chi connectivity index (χ4n) is 3.62. The number of aromatic amines is 1. The summed E-state index contributed by atoms with van der Waals surface area (Å²) in [6, 6.07) is 0. The molecular weight excluding hydrogens is 280 g/mol. The fourth-order valence-corrected chi connectivity index (χ4v) is 3.62. The molecule has 3 rings (SSSR count). The lowest BCUT2D eigenvalue weighted by Gasteiger charge is -2.42. The lowest BCUT2D eigenvalue weighted by molar-refractivity contribution is -0.107. The van der Waals surface area contributed by atoms with Crippen molar-refractivity contribution in [3.8, 4) is 0 Å². The van der Waals surface area contributed by atoms with Gasteiger partial charge in [-0.25, -0.2) is 0 Å². The van der Waals surface area contributed by atoms with Crippen LogP contribution in [0.5, 0.6) is 0 Å². The highest BCUT2D eigenvalue weighted by molar-refractivity contribution is 5.94. The summed E-state index contributed by atoms with van der Waals surface area (Å²) in [4.78, 5) is 29.6. The maximum absolute atomic E-state index is 12.7. The number of hydrogen-bond donors (Lipinski definition) is 1. The molecule has 22 heavy (non-hydrogen) atoms. The molecule has 0 radical (unpaired) electrons. The van der Waals surface area contributed by atoms with E-state index in [4.69, 9.17) is 4.74 Å². The van der Waals surface area contributed by atoms with Crippen LogP contribution in [-0.4, -0.2) is 41.1 Å². The molecule has 1 saturated carbocycles. The topological polar surface area (TPSA) is 62.4 Å². The number of H-pyrrole nitrogens is 1. The molecule has 1 aromatic rings. The highest BCUT2D eigenvalue weighted by atomic mass is 16.5. The zero-order valence-corrected chi connectivity index (χ0v) is 13.2. The number of carbonyl (C=O) groups excluding carboxylic acids is 1. The molecule has 2 heterocycles. The molecule has 1 saturated heterocycles. The molecule has 1 aliphatic heterocycles. The van der Waals surface area contributed by atoms with Gasteiger partial charge in [0.05, 0.1) is 18.8 Å². The quantitative estimate of drug-likeness (QED) is 0.865. The number of hydrogen-bond acceptors (Lipinski definition) is 3. The predicted octanol–water partition coefficient (Wildman–Crippen LogP) is 2.25. The zero-order valence-electron chi connectivity index (χ0n) is 13.2. The van der Waals surface area contributed by atoms with Crippen molar-refractivity contribution < 1.29 is 9.53 Å². The lowest BCUT2D eigenvalue weighted by atomic mass is 9.92. The van der Waals surface area contributed by atoms with Crippen molar-refractivity contribution in [3.05, 3.63) is 33.7 Å². The Bertz CT molecular complexity index is 600. The molecular formula is C17H24N2O3. The number of rotatable bonds is 1. The Kier molecular flexibility index (Phi) is 4.34. The molecule has 2 fully saturated rings. The number of carbonyl (C=O) groups is 1. The van der Waals surface area contributed by atoms with E-state index in [9.17, 15) is 9.59 Å². The Labute approximate surface area is 130 Å². The van der Waals surface area contributed by atoms with Crippen LogP contribution in [0.3, 0.4) is 0 Å². The predicted molar refractivity (Wildman–Crippen MR) is 84.1 cm³/mol. The summed E-state index contributed by atoms with van der Waals surface area (Å²) in [6.07, 6.45) is 9.99. The molecule has 5 nitrogen and oxygen atoms in total. The Morgan fingerprint density at radius 1 is 1.23 bits per heavy atom. The van der Waals surface area contributed by atoms with Crippen molar-refractivity contribution in [2.75, 3.05) is 19.7 Å². The molecule has 0 unspecified atom stereocenters. The van der Waals surface area contributed by atoms with Gasteiger partial charge in [-0.05, 0) is 19.8 Å². The summed E-state index contributed by atoms with van der Waals surface area (Å²) in [5, 5.41) is 0. The standard InChI is InChI=1S/C17H24N2O3/c1-13-10-18-11-14(15(13)20)16(21)19-8-9-22-17(12-19)6-4-2-3-5-7-17/h10-11H,2-9,12H2,1H3,(H,18,20). The van der Waals surface area contributed by atoms with Gasteiger partial charge in [-0.1, -0.05) is 25.7 Å². The molecule has 0 aromatic carbocycles. The number of pyridine rings is 1. The third-order valence-corrected chi connectivity index (χ3v) is 4.91. The van der Waals surface area contributed by atoms with Crippen LogP contribution in [-0.2, 0) is 4.74 Å². The van der Waals surface area contributed by atoms with Crippen LogP contribution in [0.2, 0.25) is 0 Å². The van der Waals surface area contributed by atoms with Gasteiger partial charge >= 0.3 is 0 Å². The second kappa shape index (κ2) is 6.24. The maximum Gasteiger partial charge on any atom is 0.259 e. The van der Waals surface area contributed by atoms with Gasteiger partial charge in [0.15, 0.2) is 5.43 Å². The molecule has 120 valence electrons. The minimum atomic E-state index is -0.193. The molecule has 0 atom stereocenters. The second-order valence-electron chi connectivity index (χ2n) is 6.55. The van der Waals surface area contributed by atoms with E-state index in [0.717, 1.165) is 25.7 Å². The Morgan fingerprint density at radius 2 is 1.95 bits per heavy atom. The van der Waals surface area contributed by atoms with Gasteiger partial charge in [0.2, 0.25) is 0 Å². The van der Waals surface area contributed by atoms with Crippen LogP contribution in [0.25, 0.3) is 0 Å². The first-order chi connectivity index (χ1) is 10.6. The summed E-state index contributed by atoms with van der Waals surface area (Å²) in [7, 11) is 0. The van der Waals surface area contributed by atoms with Crippen molar-refractivity contribution >= 4 is 5.91 Å². The fraction of sp³-hybridized carbons (Fsp3) is 0.647. The van der Waals surface area contributed by atoms with E-state index in [1.165, 1.54) is 19.0 Å². The highest BCUT2D eigenvalue weighted by Crippen LogP contribution is 2.33. The number of nitrogens with zero attached hydrogens (tertiary/aromatic N) is 1. The van der Waals surface area contributed by atoms with Crippen molar-refractivity contribution in [1.29, 1.82) is 0 Å². The molecule has 0 bridgehead atoms. The minimum absolute atomic E-state index is 0.170. The average Bonchev–Trinajstić information content (AvgIpc) is 2.75. The highest BCUT2D eigenvalue weighted by Gasteiger charge is 2.38. The van der Waals surface area contributed by atoms with Crippen LogP contribution in [0, 0.1) is 6.92 Å². The number of aryl methyl sites for hydroxylation is 1. The van der Waals surface area contributed by atoms with Crippen LogP contribution < -0.4 is 5.43 Å². The summed E-state index contributed by atoms with van der Waals surface area (Å²) >= 11 is 0. The smallest absolute Gasteiger partial charge is 0.259 e. The van der Waals surface area contributed by atoms with Gasteiger partial charge in [0.25, 0.3) is 5.91 Å². The van der Waals surface area contributed by atoms with Gasteiger partial charge in [0, 0.05) is 24.5 Å². The van der Waals surface area contributed by atoms with Gasteiger partial charge < -0.3 is 14.6 Å². The molecule has 2 aliphatic rings. The maximum atomic E-state index is 12.7. The molecule has 1 N–H and O–H groups in total. The van der Waals surface area contributed by atoms with Crippen molar-refractivity contribution in [2.24, 2.45) is 0 Å². The number of amides is 1. The van der Waals surface area contributed by atoms with E-state index in [2.05, 4.69) is 4.98 Å². The molecule has 1 aromatic heterocycles. The zero-order chi connectivity index (χ0) is 15.6. The van der Waals surface area contributed by atoms with Crippen LogP contribution in [0.1, 0.15) is 54.4 Å². The van der Waals surface area contributed by atoms with Gasteiger partial charge in [-0.2, -0.15) is 0 Å². The van der Waals surface area contributed by atoms with Crippen LogP contribution >= 0.6 is 0 Å². The lowest BCUT2D eigenvalue weighted by Crippen LogP contribution is -2.54. The van der Waals surface area contributed by atoms with E-state index < -0.39 is 0 Å². The number of aromatic nitrogens is 1. The third-order valence-electron chi connectivity index (χ3n) is 4.91. The van der Waals surface area contributed by atoms with Gasteiger partial charge in [0.1, 0.15) is 5.56 Å². The summed E-state index contributed by atoms with van der Waals surface area (Å²) in [5.74, 6) is -0.170.